The molecule has 0 saturated heterocycles. The lowest BCUT2D eigenvalue weighted by atomic mass is 10.2. The van der Waals surface area contributed by atoms with Crippen LogP contribution in [0.3, 0.4) is 0 Å². The fourth-order valence-corrected chi connectivity index (χ4v) is 1.43. The van der Waals surface area contributed by atoms with Crippen molar-refractivity contribution in [3.63, 3.8) is 0 Å². The molecule has 0 aliphatic rings. The molecule has 0 saturated carbocycles. The maximum absolute atomic E-state index is 13.3. The number of anilines is 1. The van der Waals surface area contributed by atoms with Gasteiger partial charge in [0.25, 0.3) is 5.91 Å². The zero-order valence-corrected chi connectivity index (χ0v) is 9.55. The molecule has 6 heteroatoms. The summed E-state index contributed by atoms with van der Waals surface area (Å²) in [5.41, 5.74) is 0.125. The van der Waals surface area contributed by atoms with Gasteiger partial charge in [-0.1, -0.05) is 0 Å². The monoisotopic (exact) mass is 247 g/mol. The molecule has 2 aromatic rings. The van der Waals surface area contributed by atoms with Crippen LogP contribution in [0.5, 0.6) is 0 Å². The van der Waals surface area contributed by atoms with E-state index in [-0.39, 0.29) is 11.1 Å². The van der Waals surface area contributed by atoms with Gasteiger partial charge in [0.1, 0.15) is 0 Å². The molecule has 0 aliphatic heterocycles. The Hall–Kier alpha value is -2.50. The van der Waals surface area contributed by atoms with Crippen LogP contribution in [0.4, 0.5) is 10.1 Å². The molecular formula is C12H10FN3O2. The number of rotatable bonds is 2. The number of carbonyl (C=O) groups excluding carboxylic acids is 1. The molecule has 0 spiro atoms. The minimum atomic E-state index is -0.695. The topological polar surface area (TPSA) is 64.0 Å². The van der Waals surface area contributed by atoms with Crippen molar-refractivity contribution >= 4 is 11.6 Å². The molecule has 2 rings (SSSR count). The van der Waals surface area contributed by atoms with Gasteiger partial charge in [-0.25, -0.2) is 4.39 Å². The number of hydrogen-bond donors (Lipinski definition) is 1. The average molecular weight is 247 g/mol. The minimum Gasteiger partial charge on any atom is -0.321 e. The molecule has 0 unspecified atom stereocenters. The van der Waals surface area contributed by atoms with E-state index in [1.807, 2.05) is 0 Å². The molecule has 0 atom stereocenters. The molecule has 0 bridgehead atoms. The van der Waals surface area contributed by atoms with Crippen LogP contribution in [0.1, 0.15) is 10.4 Å². The quantitative estimate of drug-likeness (QED) is 0.866. The normalized spacial score (nSPS) is 10.1. The van der Waals surface area contributed by atoms with Crippen LogP contribution in [-0.4, -0.2) is 15.5 Å². The number of aromatic nitrogens is 2. The fourth-order valence-electron chi connectivity index (χ4n) is 1.43. The molecule has 92 valence electrons. The lowest BCUT2D eigenvalue weighted by Gasteiger charge is -2.06. The van der Waals surface area contributed by atoms with E-state index >= 15 is 0 Å². The second-order valence-electron chi connectivity index (χ2n) is 3.68. The van der Waals surface area contributed by atoms with Gasteiger partial charge in [0.15, 0.2) is 5.82 Å². The number of carbonyl (C=O) groups is 1. The lowest BCUT2D eigenvalue weighted by Crippen LogP contribution is -2.18. The zero-order chi connectivity index (χ0) is 13.1. The summed E-state index contributed by atoms with van der Waals surface area (Å²) in [6.45, 7) is 0. The molecule has 2 aromatic heterocycles. The van der Waals surface area contributed by atoms with Crippen molar-refractivity contribution in [2.24, 2.45) is 7.05 Å². The third kappa shape index (κ3) is 2.42. The fraction of sp³-hybridized carbons (Fsp3) is 0.0833. The van der Waals surface area contributed by atoms with E-state index in [0.717, 1.165) is 6.20 Å². The summed E-state index contributed by atoms with van der Waals surface area (Å²) in [6, 6.07) is 4.06. The first kappa shape index (κ1) is 12.0. The van der Waals surface area contributed by atoms with E-state index in [2.05, 4.69) is 10.3 Å². The van der Waals surface area contributed by atoms with E-state index in [0.29, 0.717) is 5.69 Å². The first-order chi connectivity index (χ1) is 8.58. The van der Waals surface area contributed by atoms with Gasteiger partial charge >= 0.3 is 0 Å². The Labute approximate surface area is 102 Å². The second kappa shape index (κ2) is 4.79. The number of nitrogens with zero attached hydrogens (tertiary/aromatic N) is 2. The van der Waals surface area contributed by atoms with Gasteiger partial charge in [-0.3, -0.25) is 14.6 Å². The minimum absolute atomic E-state index is 0.0983. The van der Waals surface area contributed by atoms with Gasteiger partial charge in [0.05, 0.1) is 17.4 Å². The van der Waals surface area contributed by atoms with Crippen LogP contribution in [0, 0.1) is 5.82 Å². The highest BCUT2D eigenvalue weighted by atomic mass is 19.1. The van der Waals surface area contributed by atoms with Crippen LogP contribution < -0.4 is 10.9 Å². The number of pyridine rings is 2. The molecule has 0 aromatic carbocycles. The van der Waals surface area contributed by atoms with Crippen LogP contribution in [-0.2, 0) is 7.05 Å². The van der Waals surface area contributed by atoms with Gasteiger partial charge < -0.3 is 9.88 Å². The van der Waals surface area contributed by atoms with Crippen LogP contribution in [0.15, 0.2) is 41.6 Å². The first-order valence-electron chi connectivity index (χ1n) is 5.15. The summed E-state index contributed by atoms with van der Waals surface area (Å²) in [5.74, 6) is -1.28. The molecule has 0 radical (unpaired) electrons. The Morgan fingerprint density at radius 2 is 2.17 bits per heavy atom. The predicted octanol–water partition coefficient (Wildman–Crippen LogP) is 1.17. The van der Waals surface area contributed by atoms with Crippen molar-refractivity contribution < 1.29 is 9.18 Å². The van der Waals surface area contributed by atoms with Gasteiger partial charge in [0, 0.05) is 25.5 Å². The highest BCUT2D eigenvalue weighted by Gasteiger charge is 2.11. The van der Waals surface area contributed by atoms with Crippen molar-refractivity contribution in [1.29, 1.82) is 0 Å². The molecule has 1 N–H and O–H groups in total. The maximum Gasteiger partial charge on any atom is 0.258 e. The molecule has 0 aliphatic carbocycles. The lowest BCUT2D eigenvalue weighted by molar-refractivity contribution is 0.102. The summed E-state index contributed by atoms with van der Waals surface area (Å²) < 4.78 is 14.6. The van der Waals surface area contributed by atoms with Gasteiger partial charge in [-0.05, 0) is 12.1 Å². The largest absolute Gasteiger partial charge is 0.321 e. The van der Waals surface area contributed by atoms with Crippen molar-refractivity contribution in [3.8, 4) is 0 Å². The molecule has 2 heterocycles. The smallest absolute Gasteiger partial charge is 0.258 e. The Kier molecular flexibility index (Phi) is 3.18. The third-order valence-electron chi connectivity index (χ3n) is 2.36. The van der Waals surface area contributed by atoms with E-state index < -0.39 is 11.7 Å². The third-order valence-corrected chi connectivity index (χ3v) is 2.36. The second-order valence-corrected chi connectivity index (χ2v) is 3.68. The van der Waals surface area contributed by atoms with Crippen molar-refractivity contribution in [2.45, 2.75) is 0 Å². The summed E-state index contributed by atoms with van der Waals surface area (Å²) >= 11 is 0. The Morgan fingerprint density at radius 3 is 2.83 bits per heavy atom. The van der Waals surface area contributed by atoms with Crippen LogP contribution in [0.25, 0.3) is 0 Å². The van der Waals surface area contributed by atoms with Gasteiger partial charge in [-0.15, -0.1) is 0 Å². The van der Waals surface area contributed by atoms with Crippen molar-refractivity contribution in [1.82, 2.24) is 9.55 Å². The number of hydrogen-bond acceptors (Lipinski definition) is 3. The van der Waals surface area contributed by atoms with Crippen molar-refractivity contribution in [2.75, 3.05) is 5.32 Å². The average Bonchev–Trinajstić information content (AvgIpc) is 2.34. The first-order valence-corrected chi connectivity index (χ1v) is 5.15. The van der Waals surface area contributed by atoms with E-state index in [1.165, 1.54) is 35.2 Å². The standard InChI is InChI=1S/C12H10FN3O2/c1-16-7-8(2-3-11(16)17)15-12(18)9-4-5-14-6-10(9)13/h2-7H,1H3,(H,15,18). The number of amides is 1. The highest BCUT2D eigenvalue weighted by Crippen LogP contribution is 2.09. The molecule has 0 fully saturated rings. The number of nitrogens with one attached hydrogen (secondary N) is 1. The number of halogens is 1. The Morgan fingerprint density at radius 1 is 1.39 bits per heavy atom. The van der Waals surface area contributed by atoms with Crippen LogP contribution >= 0.6 is 0 Å². The zero-order valence-electron chi connectivity index (χ0n) is 9.55. The molecular weight excluding hydrogens is 237 g/mol. The van der Waals surface area contributed by atoms with E-state index in [9.17, 15) is 14.0 Å². The number of aryl methyl sites for hydroxylation is 1. The van der Waals surface area contributed by atoms with Crippen LogP contribution in [0.2, 0.25) is 0 Å². The van der Waals surface area contributed by atoms with E-state index in [4.69, 9.17) is 0 Å². The van der Waals surface area contributed by atoms with Gasteiger partial charge in [-0.2, -0.15) is 0 Å². The van der Waals surface area contributed by atoms with E-state index in [1.54, 1.807) is 7.05 Å². The van der Waals surface area contributed by atoms with Gasteiger partial charge in [0.2, 0.25) is 5.56 Å². The summed E-state index contributed by atoms with van der Waals surface area (Å²) in [6.07, 6.45) is 3.76. The predicted molar refractivity (Wildman–Crippen MR) is 63.8 cm³/mol. The SMILES string of the molecule is Cn1cc(NC(=O)c2ccncc2F)ccc1=O. The summed E-state index contributed by atoms with van der Waals surface area (Å²) in [5, 5.41) is 2.50. The molecule has 18 heavy (non-hydrogen) atoms. The van der Waals surface area contributed by atoms with Crippen molar-refractivity contribution in [3.05, 3.63) is 58.5 Å². The highest BCUT2D eigenvalue weighted by molar-refractivity contribution is 6.04. The summed E-state index contributed by atoms with van der Waals surface area (Å²) in [7, 11) is 1.56. The Balaban J connectivity index is 2.24. The maximum atomic E-state index is 13.3. The summed E-state index contributed by atoms with van der Waals surface area (Å²) in [4.78, 5) is 26.5. The molecule has 5 nitrogen and oxygen atoms in total. The Bertz CT molecular complexity index is 652. The molecule has 1 amide bonds.